The Hall–Kier alpha value is -2.55. The summed E-state index contributed by atoms with van der Waals surface area (Å²) in [7, 11) is 0. The van der Waals surface area contributed by atoms with E-state index in [1.54, 1.807) is 0 Å². The van der Waals surface area contributed by atoms with Crippen LogP contribution in [0.2, 0.25) is 10.0 Å². The molecule has 0 unspecified atom stereocenters. The van der Waals surface area contributed by atoms with Crippen LogP contribution >= 0.6 is 23.2 Å². The van der Waals surface area contributed by atoms with Crippen molar-refractivity contribution in [3.05, 3.63) is 94.0 Å². The van der Waals surface area contributed by atoms with Gasteiger partial charge in [0.25, 0.3) is 0 Å². The summed E-state index contributed by atoms with van der Waals surface area (Å²) in [5, 5.41) is 6.10. The molecule has 0 aliphatic rings. The van der Waals surface area contributed by atoms with Gasteiger partial charge in [0.1, 0.15) is 5.69 Å². The van der Waals surface area contributed by atoms with Crippen molar-refractivity contribution in [2.45, 2.75) is 13.8 Å². The van der Waals surface area contributed by atoms with E-state index in [0.29, 0.717) is 10.0 Å². The maximum Gasteiger partial charge on any atom is 0.112 e. The lowest BCUT2D eigenvalue weighted by Gasteiger charge is -2.10. The van der Waals surface area contributed by atoms with Crippen LogP contribution in [-0.2, 0) is 0 Å². The molecule has 4 heteroatoms. The summed E-state index contributed by atoms with van der Waals surface area (Å²) in [5.74, 6) is 0. The Morgan fingerprint density at radius 2 is 1.37 bits per heavy atom. The number of halogens is 2. The Bertz CT molecular complexity index is 1130. The van der Waals surface area contributed by atoms with Crippen molar-refractivity contribution < 1.29 is 0 Å². The quantitative estimate of drug-likeness (QED) is 0.362. The summed E-state index contributed by atoms with van der Waals surface area (Å²) in [4.78, 5) is 0. The van der Waals surface area contributed by atoms with E-state index in [2.05, 4.69) is 38.1 Å². The van der Waals surface area contributed by atoms with Crippen LogP contribution in [0.15, 0.2) is 72.8 Å². The number of hydrogen-bond donors (Lipinski definition) is 0. The Kier molecular flexibility index (Phi) is 4.77. The molecule has 0 atom stereocenters. The van der Waals surface area contributed by atoms with Crippen LogP contribution in [0, 0.1) is 13.8 Å². The van der Waals surface area contributed by atoms with Gasteiger partial charge in [0.05, 0.1) is 21.4 Å². The molecule has 0 aliphatic carbocycles. The Labute approximate surface area is 169 Å². The topological polar surface area (TPSA) is 17.8 Å². The summed E-state index contributed by atoms with van der Waals surface area (Å²) in [5.41, 5.74) is 6.70. The second-order valence-corrected chi connectivity index (χ2v) is 7.40. The second-order valence-electron chi connectivity index (χ2n) is 6.61. The monoisotopic (exact) mass is 392 g/mol. The molecule has 0 N–H and O–H groups in total. The van der Waals surface area contributed by atoms with Crippen LogP contribution in [-0.4, -0.2) is 9.78 Å². The number of para-hydroxylation sites is 1. The molecule has 2 nitrogen and oxygen atoms in total. The summed E-state index contributed by atoms with van der Waals surface area (Å²) in [6, 6.07) is 24.1. The van der Waals surface area contributed by atoms with Gasteiger partial charge in [-0.1, -0.05) is 82.9 Å². The zero-order valence-corrected chi connectivity index (χ0v) is 16.6. The Morgan fingerprint density at radius 3 is 2.04 bits per heavy atom. The molecular weight excluding hydrogens is 375 g/mol. The summed E-state index contributed by atoms with van der Waals surface area (Å²) in [6.07, 6.45) is 0. The molecule has 4 aromatic rings. The lowest BCUT2D eigenvalue weighted by atomic mass is 10.1. The number of aryl methyl sites for hydroxylation is 2. The summed E-state index contributed by atoms with van der Waals surface area (Å²) < 4.78 is 1.84. The van der Waals surface area contributed by atoms with Crippen molar-refractivity contribution in [2.24, 2.45) is 0 Å². The van der Waals surface area contributed by atoms with Gasteiger partial charge in [-0.25, -0.2) is 4.68 Å². The van der Waals surface area contributed by atoms with Crippen LogP contribution in [0.1, 0.15) is 11.1 Å². The maximum atomic E-state index is 6.88. The Morgan fingerprint density at radius 1 is 0.741 bits per heavy atom. The molecule has 134 valence electrons. The zero-order chi connectivity index (χ0) is 19.0. The number of aromatic nitrogens is 2. The highest BCUT2D eigenvalue weighted by Crippen LogP contribution is 2.39. The Balaban J connectivity index is 2.02. The van der Waals surface area contributed by atoms with Crippen molar-refractivity contribution in [3.63, 3.8) is 0 Å². The summed E-state index contributed by atoms with van der Waals surface area (Å²) in [6.45, 7) is 4.12. The maximum absolute atomic E-state index is 6.88. The normalized spacial score (nSPS) is 11.0. The first-order chi connectivity index (χ1) is 13.0. The number of nitrogens with zero attached hydrogens (tertiary/aromatic N) is 2. The molecule has 0 spiro atoms. The van der Waals surface area contributed by atoms with Gasteiger partial charge in [0.2, 0.25) is 0 Å². The standard InChI is InChI=1S/C23H18Cl2N2/c1-15-7-5-9-17(13-15)22-21(25)23(18-10-6-8-16(2)14-18)27(26-22)20-12-4-3-11-19(20)24/h3-14H,1-2H3. The molecule has 0 radical (unpaired) electrons. The highest BCUT2D eigenvalue weighted by atomic mass is 35.5. The van der Waals surface area contributed by atoms with Gasteiger partial charge in [0.15, 0.2) is 0 Å². The van der Waals surface area contributed by atoms with E-state index in [4.69, 9.17) is 28.3 Å². The third-order valence-corrected chi connectivity index (χ3v) is 5.17. The molecule has 1 aromatic heterocycles. The van der Waals surface area contributed by atoms with E-state index in [9.17, 15) is 0 Å². The third-order valence-electron chi connectivity index (χ3n) is 4.49. The van der Waals surface area contributed by atoms with Crippen LogP contribution in [0.25, 0.3) is 28.2 Å². The minimum absolute atomic E-state index is 0.617. The molecule has 3 aromatic carbocycles. The van der Waals surface area contributed by atoms with Gasteiger partial charge in [-0.3, -0.25) is 0 Å². The average Bonchev–Trinajstić information content (AvgIpc) is 2.99. The van der Waals surface area contributed by atoms with Gasteiger partial charge in [0, 0.05) is 11.1 Å². The molecule has 0 aliphatic heterocycles. The first-order valence-corrected chi connectivity index (χ1v) is 9.47. The van der Waals surface area contributed by atoms with Crippen LogP contribution < -0.4 is 0 Å². The molecule has 4 rings (SSSR count). The van der Waals surface area contributed by atoms with E-state index < -0.39 is 0 Å². The van der Waals surface area contributed by atoms with Crippen LogP contribution in [0.4, 0.5) is 0 Å². The van der Waals surface area contributed by atoms with Gasteiger partial charge in [-0.2, -0.15) is 5.10 Å². The third kappa shape index (κ3) is 3.39. The van der Waals surface area contributed by atoms with E-state index in [0.717, 1.165) is 39.3 Å². The van der Waals surface area contributed by atoms with Crippen molar-refractivity contribution in [1.29, 1.82) is 0 Å². The van der Waals surface area contributed by atoms with Gasteiger partial charge >= 0.3 is 0 Å². The van der Waals surface area contributed by atoms with Gasteiger partial charge in [-0.15, -0.1) is 0 Å². The van der Waals surface area contributed by atoms with Crippen molar-refractivity contribution >= 4 is 23.2 Å². The lowest BCUT2D eigenvalue weighted by molar-refractivity contribution is 0.892. The molecular formula is C23H18Cl2N2. The molecule has 27 heavy (non-hydrogen) atoms. The van der Waals surface area contributed by atoms with Crippen molar-refractivity contribution in [1.82, 2.24) is 9.78 Å². The van der Waals surface area contributed by atoms with E-state index in [-0.39, 0.29) is 0 Å². The van der Waals surface area contributed by atoms with Crippen LogP contribution in [0.3, 0.4) is 0 Å². The van der Waals surface area contributed by atoms with Crippen molar-refractivity contribution in [3.8, 4) is 28.2 Å². The second kappa shape index (κ2) is 7.22. The molecule has 0 saturated heterocycles. The highest BCUT2D eigenvalue weighted by molar-refractivity contribution is 6.36. The zero-order valence-electron chi connectivity index (χ0n) is 15.1. The molecule has 1 heterocycles. The smallest absolute Gasteiger partial charge is 0.112 e. The minimum Gasteiger partial charge on any atom is -0.229 e. The van der Waals surface area contributed by atoms with E-state index in [1.165, 1.54) is 0 Å². The molecule has 0 saturated carbocycles. The minimum atomic E-state index is 0.617. The van der Waals surface area contributed by atoms with Crippen molar-refractivity contribution in [2.75, 3.05) is 0 Å². The van der Waals surface area contributed by atoms with Gasteiger partial charge < -0.3 is 0 Å². The number of rotatable bonds is 3. The fourth-order valence-electron chi connectivity index (χ4n) is 3.22. The largest absolute Gasteiger partial charge is 0.229 e. The fourth-order valence-corrected chi connectivity index (χ4v) is 3.77. The number of hydrogen-bond acceptors (Lipinski definition) is 1. The number of benzene rings is 3. The predicted molar refractivity (Wildman–Crippen MR) is 114 cm³/mol. The first-order valence-electron chi connectivity index (χ1n) is 8.72. The molecule has 0 fully saturated rings. The SMILES string of the molecule is Cc1cccc(-c2nn(-c3ccccc3Cl)c(-c3cccc(C)c3)c2Cl)c1. The van der Waals surface area contributed by atoms with Crippen LogP contribution in [0.5, 0.6) is 0 Å². The fraction of sp³-hybridized carbons (Fsp3) is 0.0870. The van der Waals surface area contributed by atoms with E-state index in [1.807, 2.05) is 53.2 Å². The highest BCUT2D eigenvalue weighted by Gasteiger charge is 2.21. The van der Waals surface area contributed by atoms with Gasteiger partial charge in [-0.05, 0) is 38.1 Å². The average molecular weight is 393 g/mol. The first kappa shape index (κ1) is 17.8. The van der Waals surface area contributed by atoms with E-state index >= 15 is 0 Å². The lowest BCUT2D eigenvalue weighted by Crippen LogP contribution is -2.00. The predicted octanol–water partition coefficient (Wildman–Crippen LogP) is 7.13. The summed E-state index contributed by atoms with van der Waals surface area (Å²) >= 11 is 13.4. The molecule has 0 amide bonds. The molecule has 0 bridgehead atoms.